The van der Waals surface area contributed by atoms with E-state index < -0.39 is 0 Å². The van der Waals surface area contributed by atoms with Crippen LogP contribution in [0.5, 0.6) is 0 Å². The number of aliphatic hydroxyl groups is 1. The molecule has 76 valence electrons. The lowest BCUT2D eigenvalue weighted by atomic mass is 10.1. The van der Waals surface area contributed by atoms with Crippen molar-refractivity contribution in [3.8, 4) is 0 Å². The molecule has 1 atom stereocenters. The summed E-state index contributed by atoms with van der Waals surface area (Å²) in [6, 6.07) is 0. The van der Waals surface area contributed by atoms with E-state index in [9.17, 15) is 0 Å². The van der Waals surface area contributed by atoms with Crippen LogP contribution in [0.2, 0.25) is 0 Å². The summed E-state index contributed by atoms with van der Waals surface area (Å²) in [4.78, 5) is 0. The highest BCUT2D eigenvalue weighted by atomic mass is 16.7. The molecule has 2 aliphatic rings. The molecule has 1 saturated heterocycles. The summed E-state index contributed by atoms with van der Waals surface area (Å²) in [6.07, 6.45) is 5.59. The predicted octanol–water partition coefficient (Wildman–Crippen LogP) is 1.30. The summed E-state index contributed by atoms with van der Waals surface area (Å²) in [5.41, 5.74) is 0.0980. The van der Waals surface area contributed by atoms with Gasteiger partial charge in [-0.1, -0.05) is 0 Å². The molecule has 13 heavy (non-hydrogen) atoms. The van der Waals surface area contributed by atoms with Crippen LogP contribution in [0.1, 0.15) is 32.1 Å². The van der Waals surface area contributed by atoms with Crippen LogP contribution in [0.15, 0.2) is 0 Å². The standard InChI is InChI=1S/C10H18O3/c11-7-10(4-5-10)8-13-9-3-1-2-6-12-9/h9,11H,1-8H2. The average molecular weight is 186 g/mol. The summed E-state index contributed by atoms with van der Waals surface area (Å²) in [6.45, 7) is 1.77. The molecule has 3 heteroatoms. The van der Waals surface area contributed by atoms with Crippen LogP contribution in [0.4, 0.5) is 0 Å². The number of hydrogen-bond acceptors (Lipinski definition) is 3. The summed E-state index contributed by atoms with van der Waals surface area (Å²) in [7, 11) is 0. The van der Waals surface area contributed by atoms with Crippen LogP contribution in [0, 0.1) is 5.41 Å². The molecule has 0 aromatic carbocycles. The molecule has 1 unspecified atom stereocenters. The molecule has 1 aliphatic carbocycles. The van der Waals surface area contributed by atoms with Crippen molar-refractivity contribution in [1.29, 1.82) is 0 Å². The molecule has 1 heterocycles. The van der Waals surface area contributed by atoms with E-state index in [-0.39, 0.29) is 18.3 Å². The van der Waals surface area contributed by atoms with Gasteiger partial charge >= 0.3 is 0 Å². The summed E-state index contributed by atoms with van der Waals surface area (Å²) < 4.78 is 11.1. The third-order valence-corrected chi connectivity index (χ3v) is 3.01. The zero-order valence-corrected chi connectivity index (χ0v) is 8.00. The van der Waals surface area contributed by atoms with Crippen LogP contribution in [-0.2, 0) is 9.47 Å². The van der Waals surface area contributed by atoms with Crippen molar-refractivity contribution in [1.82, 2.24) is 0 Å². The minimum atomic E-state index is -0.00206. The van der Waals surface area contributed by atoms with Gasteiger partial charge in [0.05, 0.1) is 13.2 Å². The Morgan fingerprint density at radius 1 is 1.38 bits per heavy atom. The number of ether oxygens (including phenoxy) is 2. The Kier molecular flexibility index (Phi) is 2.86. The summed E-state index contributed by atoms with van der Waals surface area (Å²) in [5.74, 6) is 0. The van der Waals surface area contributed by atoms with Gasteiger partial charge in [-0.25, -0.2) is 0 Å². The number of rotatable bonds is 4. The maximum atomic E-state index is 9.07. The third kappa shape index (κ3) is 2.42. The van der Waals surface area contributed by atoms with E-state index in [1.165, 1.54) is 6.42 Å². The Morgan fingerprint density at radius 3 is 2.77 bits per heavy atom. The molecule has 0 radical (unpaired) electrons. The normalized spacial score (nSPS) is 31.6. The quantitative estimate of drug-likeness (QED) is 0.719. The van der Waals surface area contributed by atoms with Gasteiger partial charge in [-0.3, -0.25) is 0 Å². The lowest BCUT2D eigenvalue weighted by Gasteiger charge is -2.24. The van der Waals surface area contributed by atoms with Crippen LogP contribution in [-0.4, -0.2) is 31.2 Å². The van der Waals surface area contributed by atoms with Crippen molar-refractivity contribution < 1.29 is 14.6 Å². The van der Waals surface area contributed by atoms with Gasteiger partial charge in [0.15, 0.2) is 6.29 Å². The molecular formula is C10H18O3. The lowest BCUT2D eigenvalue weighted by Crippen LogP contribution is -2.26. The fourth-order valence-corrected chi connectivity index (χ4v) is 1.64. The van der Waals surface area contributed by atoms with Crippen molar-refractivity contribution in [3.63, 3.8) is 0 Å². The zero-order chi connectivity index (χ0) is 9.15. The second kappa shape index (κ2) is 3.95. The van der Waals surface area contributed by atoms with Crippen molar-refractivity contribution >= 4 is 0 Å². The molecule has 1 N–H and O–H groups in total. The maximum absolute atomic E-state index is 9.07. The SMILES string of the molecule is OCC1(COC2CCCCO2)CC1. The Morgan fingerprint density at radius 2 is 2.23 bits per heavy atom. The number of aliphatic hydroxyl groups excluding tert-OH is 1. The first kappa shape index (κ1) is 9.44. The van der Waals surface area contributed by atoms with E-state index in [0.717, 1.165) is 32.3 Å². The van der Waals surface area contributed by atoms with Crippen LogP contribution < -0.4 is 0 Å². The minimum Gasteiger partial charge on any atom is -0.396 e. The van der Waals surface area contributed by atoms with Crippen molar-refractivity contribution in [2.24, 2.45) is 5.41 Å². The maximum Gasteiger partial charge on any atom is 0.157 e. The molecule has 0 spiro atoms. The Labute approximate surface area is 79.0 Å². The largest absolute Gasteiger partial charge is 0.396 e. The molecule has 1 aliphatic heterocycles. The second-order valence-electron chi connectivity index (χ2n) is 4.27. The molecule has 2 rings (SSSR count). The monoisotopic (exact) mass is 186 g/mol. The summed E-state index contributed by atoms with van der Waals surface area (Å²) in [5, 5.41) is 9.07. The third-order valence-electron chi connectivity index (χ3n) is 3.01. The Bertz CT molecular complexity index is 160. The highest BCUT2D eigenvalue weighted by Gasteiger charge is 2.42. The molecule has 2 fully saturated rings. The van der Waals surface area contributed by atoms with E-state index in [1.807, 2.05) is 0 Å². The topological polar surface area (TPSA) is 38.7 Å². The highest BCUT2D eigenvalue weighted by Crippen LogP contribution is 2.45. The second-order valence-corrected chi connectivity index (χ2v) is 4.27. The first-order valence-electron chi connectivity index (χ1n) is 5.19. The Hall–Kier alpha value is -0.120. The van der Waals surface area contributed by atoms with Gasteiger partial charge in [-0.2, -0.15) is 0 Å². The van der Waals surface area contributed by atoms with Gasteiger partial charge < -0.3 is 14.6 Å². The van der Waals surface area contributed by atoms with Crippen molar-refractivity contribution in [3.05, 3.63) is 0 Å². The minimum absolute atomic E-state index is 0.00206. The first-order chi connectivity index (χ1) is 6.35. The van der Waals surface area contributed by atoms with Crippen LogP contribution in [0.3, 0.4) is 0 Å². The van der Waals surface area contributed by atoms with Gasteiger partial charge in [0.25, 0.3) is 0 Å². The van der Waals surface area contributed by atoms with Crippen LogP contribution >= 0.6 is 0 Å². The van der Waals surface area contributed by atoms with E-state index in [1.54, 1.807) is 0 Å². The van der Waals surface area contributed by atoms with Gasteiger partial charge in [-0.05, 0) is 32.1 Å². The molecule has 0 amide bonds. The lowest BCUT2D eigenvalue weighted by molar-refractivity contribution is -0.173. The predicted molar refractivity (Wildman–Crippen MR) is 48.3 cm³/mol. The molecule has 1 saturated carbocycles. The summed E-state index contributed by atoms with van der Waals surface area (Å²) >= 11 is 0. The highest BCUT2D eigenvalue weighted by molar-refractivity contribution is 4.92. The molecule has 0 aromatic rings. The zero-order valence-electron chi connectivity index (χ0n) is 8.00. The van der Waals surface area contributed by atoms with Gasteiger partial charge in [-0.15, -0.1) is 0 Å². The Balaban J connectivity index is 1.66. The molecule has 3 nitrogen and oxygen atoms in total. The van der Waals surface area contributed by atoms with Gasteiger partial charge in [0.1, 0.15) is 0 Å². The van der Waals surface area contributed by atoms with E-state index in [0.29, 0.717) is 6.61 Å². The first-order valence-corrected chi connectivity index (χ1v) is 5.19. The van der Waals surface area contributed by atoms with E-state index >= 15 is 0 Å². The average Bonchev–Trinajstić information content (AvgIpc) is 2.97. The van der Waals surface area contributed by atoms with E-state index in [2.05, 4.69) is 0 Å². The van der Waals surface area contributed by atoms with Crippen molar-refractivity contribution in [2.75, 3.05) is 19.8 Å². The molecule has 0 bridgehead atoms. The van der Waals surface area contributed by atoms with E-state index in [4.69, 9.17) is 14.6 Å². The smallest absolute Gasteiger partial charge is 0.157 e. The molecule has 0 aromatic heterocycles. The fourth-order valence-electron chi connectivity index (χ4n) is 1.64. The fraction of sp³-hybridized carbons (Fsp3) is 1.00. The van der Waals surface area contributed by atoms with Crippen LogP contribution in [0.25, 0.3) is 0 Å². The van der Waals surface area contributed by atoms with Gasteiger partial charge in [0, 0.05) is 12.0 Å². The van der Waals surface area contributed by atoms with Crippen molar-refractivity contribution in [2.45, 2.75) is 38.4 Å². The molecular weight excluding hydrogens is 168 g/mol. The number of hydrogen-bond donors (Lipinski definition) is 1. The van der Waals surface area contributed by atoms with Gasteiger partial charge in [0.2, 0.25) is 0 Å².